The molecule has 0 bridgehead atoms. The van der Waals surface area contributed by atoms with E-state index in [-0.39, 0.29) is 45.3 Å². The number of carbonyl (C=O) groups excluding carboxylic acids is 3. The van der Waals surface area contributed by atoms with Gasteiger partial charge in [-0.15, -0.1) is 0 Å². The van der Waals surface area contributed by atoms with Crippen LogP contribution >= 0.6 is 0 Å². The standard InChI is InChI=1S/C32H43NO4/c1-20(34)15-25-30(6)16-22(19-33)26(35)21(2)24(30)9-10-31(25,7)29(5)12-14-32(27(36)37-8)13-11-28(3,4)17-23(32)18-29/h15-16,23H,9-14,17-18H2,1-8H3/b25-15-/t23?,29-,30+,31-,32+/m1/s1. The first-order chi connectivity index (χ1) is 17.1. The highest BCUT2D eigenvalue weighted by molar-refractivity contribution is 6.12. The number of esters is 1. The number of nitriles is 1. The van der Waals surface area contributed by atoms with Gasteiger partial charge in [0.15, 0.2) is 11.6 Å². The maximum absolute atomic E-state index is 13.2. The number of ketones is 2. The molecule has 0 N–H and O–H groups in total. The Morgan fingerprint density at radius 3 is 2.30 bits per heavy atom. The number of carbonyl (C=O) groups is 3. The van der Waals surface area contributed by atoms with Crippen molar-refractivity contribution in [1.29, 1.82) is 5.26 Å². The number of nitrogens with zero attached hydrogens (tertiary/aromatic N) is 1. The molecule has 5 atom stereocenters. The van der Waals surface area contributed by atoms with Gasteiger partial charge in [0.25, 0.3) is 0 Å². The van der Waals surface area contributed by atoms with Gasteiger partial charge in [-0.05, 0) is 123 Å². The molecular formula is C32H43NO4. The lowest BCUT2D eigenvalue weighted by atomic mass is 9.41. The van der Waals surface area contributed by atoms with Gasteiger partial charge in [-0.1, -0.05) is 27.7 Å². The first-order valence-electron chi connectivity index (χ1n) is 13.8. The van der Waals surface area contributed by atoms with Crippen LogP contribution in [-0.4, -0.2) is 24.6 Å². The summed E-state index contributed by atoms with van der Waals surface area (Å²) in [6.07, 6.45) is 10.6. The predicted octanol–water partition coefficient (Wildman–Crippen LogP) is 6.83. The minimum absolute atomic E-state index is 0.0210. The zero-order valence-electron chi connectivity index (χ0n) is 24.0. The Bertz CT molecular complexity index is 1200. The van der Waals surface area contributed by atoms with Crippen molar-refractivity contribution in [2.45, 2.75) is 99.8 Å². The number of allylic oxidation sites excluding steroid dienone is 6. The molecule has 3 saturated carbocycles. The average Bonchev–Trinajstić information content (AvgIpc) is 2.82. The lowest BCUT2D eigenvalue weighted by Gasteiger charge is -2.62. The molecule has 4 aliphatic rings. The highest BCUT2D eigenvalue weighted by Crippen LogP contribution is 2.69. The monoisotopic (exact) mass is 505 g/mol. The molecule has 0 amide bonds. The van der Waals surface area contributed by atoms with Crippen molar-refractivity contribution in [2.24, 2.45) is 33.0 Å². The molecule has 37 heavy (non-hydrogen) atoms. The highest BCUT2D eigenvalue weighted by Gasteiger charge is 2.62. The lowest BCUT2D eigenvalue weighted by Crippen LogP contribution is -2.56. The molecule has 0 aromatic carbocycles. The molecular weight excluding hydrogens is 462 g/mol. The summed E-state index contributed by atoms with van der Waals surface area (Å²) < 4.78 is 5.39. The maximum Gasteiger partial charge on any atom is 0.312 e. The van der Waals surface area contributed by atoms with E-state index < -0.39 is 10.8 Å². The second kappa shape index (κ2) is 8.79. The second-order valence-corrected chi connectivity index (χ2v) is 13.8. The smallest absolute Gasteiger partial charge is 0.312 e. The van der Waals surface area contributed by atoms with Crippen LogP contribution in [0.4, 0.5) is 0 Å². The number of Topliss-reactive ketones (excluding diaryl/α,β-unsaturated/α-hetero) is 1. The lowest BCUT2D eigenvalue weighted by molar-refractivity contribution is -0.173. The van der Waals surface area contributed by atoms with E-state index in [4.69, 9.17) is 4.74 Å². The first kappa shape index (κ1) is 27.6. The molecule has 0 spiro atoms. The summed E-state index contributed by atoms with van der Waals surface area (Å²) in [5, 5.41) is 9.77. The SMILES string of the molecule is COC(=O)[C@]12CCC(C)(C)CC1C[C@](C)([C@]1(C)CCC3=C(C)C(=O)C(C#N)=C[C@]3(C)/C1=C/C(C)=O)CC2. The van der Waals surface area contributed by atoms with Gasteiger partial charge in [0.2, 0.25) is 0 Å². The van der Waals surface area contributed by atoms with E-state index in [1.807, 2.05) is 13.0 Å². The molecule has 5 heteroatoms. The van der Waals surface area contributed by atoms with Crippen LogP contribution in [0.2, 0.25) is 0 Å². The van der Waals surface area contributed by atoms with Gasteiger partial charge in [-0.3, -0.25) is 14.4 Å². The van der Waals surface area contributed by atoms with E-state index in [0.717, 1.165) is 62.5 Å². The molecule has 0 aliphatic heterocycles. The van der Waals surface area contributed by atoms with Crippen LogP contribution in [-0.2, 0) is 19.1 Å². The van der Waals surface area contributed by atoms with Crippen LogP contribution < -0.4 is 0 Å². The zero-order valence-corrected chi connectivity index (χ0v) is 24.0. The van der Waals surface area contributed by atoms with Crippen LogP contribution in [0.15, 0.2) is 34.4 Å². The fraction of sp³-hybridized carbons (Fsp3) is 0.688. The van der Waals surface area contributed by atoms with E-state index in [2.05, 4.69) is 40.7 Å². The number of ether oxygens (including phenoxy) is 1. The van der Waals surface area contributed by atoms with Crippen molar-refractivity contribution in [3.05, 3.63) is 34.4 Å². The fourth-order valence-corrected chi connectivity index (χ4v) is 8.71. The summed E-state index contributed by atoms with van der Waals surface area (Å²) in [4.78, 5) is 38.8. The molecule has 0 saturated heterocycles. The Hall–Kier alpha value is -2.48. The third-order valence-electron chi connectivity index (χ3n) is 11.2. The van der Waals surface area contributed by atoms with Crippen LogP contribution in [0.25, 0.3) is 0 Å². The van der Waals surface area contributed by atoms with Crippen LogP contribution in [0.5, 0.6) is 0 Å². The van der Waals surface area contributed by atoms with Gasteiger partial charge in [0.05, 0.1) is 18.1 Å². The third-order valence-corrected chi connectivity index (χ3v) is 11.2. The van der Waals surface area contributed by atoms with E-state index in [0.29, 0.717) is 5.57 Å². The number of rotatable bonds is 3. The molecule has 0 heterocycles. The minimum atomic E-state index is -0.659. The normalized spacial score (nSPS) is 40.3. The van der Waals surface area contributed by atoms with Gasteiger partial charge in [0.1, 0.15) is 6.07 Å². The van der Waals surface area contributed by atoms with E-state index in [1.54, 1.807) is 13.0 Å². The van der Waals surface area contributed by atoms with E-state index in [1.165, 1.54) is 7.11 Å². The Morgan fingerprint density at radius 1 is 1.05 bits per heavy atom. The zero-order chi connectivity index (χ0) is 27.6. The summed E-state index contributed by atoms with van der Waals surface area (Å²) >= 11 is 0. The topological polar surface area (TPSA) is 84.2 Å². The van der Waals surface area contributed by atoms with Crippen LogP contribution in [0, 0.1) is 44.3 Å². The molecule has 0 aromatic heterocycles. The molecule has 3 fully saturated rings. The van der Waals surface area contributed by atoms with Crippen LogP contribution in [0.3, 0.4) is 0 Å². The van der Waals surface area contributed by atoms with Crippen molar-refractivity contribution in [2.75, 3.05) is 7.11 Å². The Morgan fingerprint density at radius 2 is 1.70 bits per heavy atom. The second-order valence-electron chi connectivity index (χ2n) is 13.8. The van der Waals surface area contributed by atoms with Gasteiger partial charge < -0.3 is 4.74 Å². The largest absolute Gasteiger partial charge is 0.469 e. The van der Waals surface area contributed by atoms with Crippen molar-refractivity contribution in [1.82, 2.24) is 0 Å². The summed E-state index contributed by atoms with van der Waals surface area (Å²) in [5.74, 6) is -0.0739. The number of hydrogen-bond acceptors (Lipinski definition) is 5. The third kappa shape index (κ3) is 3.98. The number of methoxy groups -OCH3 is 1. The molecule has 0 aromatic rings. The highest BCUT2D eigenvalue weighted by atomic mass is 16.5. The summed E-state index contributed by atoms with van der Waals surface area (Å²) in [6.45, 7) is 14.7. The quantitative estimate of drug-likeness (QED) is 0.310. The van der Waals surface area contributed by atoms with E-state index >= 15 is 0 Å². The summed E-state index contributed by atoms with van der Waals surface area (Å²) in [7, 11) is 1.51. The van der Waals surface area contributed by atoms with E-state index in [9.17, 15) is 19.6 Å². The van der Waals surface area contributed by atoms with Gasteiger partial charge >= 0.3 is 5.97 Å². The van der Waals surface area contributed by atoms with Crippen molar-refractivity contribution in [3.63, 3.8) is 0 Å². The number of fused-ring (bicyclic) bond motifs is 2. The van der Waals surface area contributed by atoms with Gasteiger partial charge in [-0.25, -0.2) is 0 Å². The van der Waals surface area contributed by atoms with Crippen LogP contribution in [0.1, 0.15) is 99.8 Å². The fourth-order valence-electron chi connectivity index (χ4n) is 8.71. The summed E-state index contributed by atoms with van der Waals surface area (Å²) in [5.41, 5.74) is 1.43. The van der Waals surface area contributed by atoms with Crippen molar-refractivity contribution >= 4 is 17.5 Å². The Balaban J connectivity index is 1.85. The predicted molar refractivity (Wildman–Crippen MR) is 143 cm³/mol. The molecule has 4 aliphatic carbocycles. The molecule has 0 radical (unpaired) electrons. The van der Waals surface area contributed by atoms with Crippen molar-refractivity contribution in [3.8, 4) is 6.07 Å². The maximum atomic E-state index is 13.2. The average molecular weight is 506 g/mol. The first-order valence-corrected chi connectivity index (χ1v) is 13.8. The Kier molecular flexibility index (Phi) is 6.54. The van der Waals surface area contributed by atoms with Crippen molar-refractivity contribution < 1.29 is 19.1 Å². The minimum Gasteiger partial charge on any atom is -0.469 e. The molecule has 200 valence electrons. The molecule has 1 unspecified atom stereocenters. The molecule has 4 rings (SSSR count). The summed E-state index contributed by atoms with van der Waals surface area (Å²) in [6, 6.07) is 2.12. The van der Waals surface area contributed by atoms with Gasteiger partial charge in [-0.2, -0.15) is 5.26 Å². The molecule has 5 nitrogen and oxygen atoms in total. The van der Waals surface area contributed by atoms with Gasteiger partial charge in [0, 0.05) is 5.41 Å². The Labute approximate surface area is 222 Å². The number of hydrogen-bond donors (Lipinski definition) is 0.